The smallest absolute Gasteiger partial charge is 0.191 e. The predicted octanol–water partition coefficient (Wildman–Crippen LogP) is 2.03. The molecule has 0 spiro atoms. The first-order valence-corrected chi connectivity index (χ1v) is 10.2. The topological polar surface area (TPSA) is 65.0 Å². The van der Waals surface area contributed by atoms with Gasteiger partial charge >= 0.3 is 0 Å². The van der Waals surface area contributed by atoms with Crippen molar-refractivity contribution in [3.63, 3.8) is 0 Å². The highest BCUT2D eigenvalue weighted by Gasteiger charge is 2.23. The van der Waals surface area contributed by atoms with Crippen molar-refractivity contribution < 1.29 is 9.13 Å². The van der Waals surface area contributed by atoms with Crippen LogP contribution in [0.4, 0.5) is 10.2 Å². The number of rotatable bonds is 7. The fourth-order valence-corrected chi connectivity index (χ4v) is 3.43. The number of halogens is 1. The van der Waals surface area contributed by atoms with Crippen molar-refractivity contribution in [2.75, 3.05) is 58.9 Å². The van der Waals surface area contributed by atoms with E-state index in [1.165, 1.54) is 12.1 Å². The molecule has 1 aliphatic heterocycles. The van der Waals surface area contributed by atoms with Crippen molar-refractivity contribution >= 4 is 11.8 Å². The zero-order chi connectivity index (χ0) is 21.3. The van der Waals surface area contributed by atoms with Crippen LogP contribution in [-0.4, -0.2) is 69.8 Å². The van der Waals surface area contributed by atoms with E-state index in [9.17, 15) is 4.39 Å². The van der Waals surface area contributed by atoms with Gasteiger partial charge in [0.25, 0.3) is 0 Å². The Bertz CT molecular complexity index is 821. The molecular weight excluding hydrogens is 383 g/mol. The van der Waals surface area contributed by atoms with E-state index in [-0.39, 0.29) is 11.9 Å². The molecule has 1 aromatic heterocycles. The van der Waals surface area contributed by atoms with Crippen LogP contribution >= 0.6 is 0 Å². The van der Waals surface area contributed by atoms with Crippen LogP contribution in [0.25, 0.3) is 0 Å². The molecule has 0 amide bonds. The number of nitrogens with zero attached hydrogens (tertiary/aromatic N) is 4. The molecule has 0 aliphatic carbocycles. The quantitative estimate of drug-likeness (QED) is 0.534. The first kappa shape index (κ1) is 22.0. The van der Waals surface area contributed by atoms with Crippen LogP contribution in [0.1, 0.15) is 17.3 Å². The van der Waals surface area contributed by atoms with Crippen LogP contribution in [0.2, 0.25) is 0 Å². The summed E-state index contributed by atoms with van der Waals surface area (Å²) in [7, 11) is 5.70. The van der Waals surface area contributed by atoms with Gasteiger partial charge in [0.05, 0.1) is 31.5 Å². The summed E-state index contributed by atoms with van der Waals surface area (Å²) >= 11 is 0. The van der Waals surface area contributed by atoms with E-state index < -0.39 is 0 Å². The van der Waals surface area contributed by atoms with E-state index in [1.54, 1.807) is 7.05 Å². The lowest BCUT2D eigenvalue weighted by molar-refractivity contribution is 0.0170. The minimum atomic E-state index is -0.225. The van der Waals surface area contributed by atoms with E-state index in [0.29, 0.717) is 32.3 Å². The standard InChI is InChI=1S/C22H31FN6O/c1-24-22(25-15-19-5-4-6-21(27-19)28(2)3)26-16-20(29-11-13-30-14-12-29)17-7-9-18(23)10-8-17/h4-10,20H,11-16H2,1-3H3,(H2,24,25,26). The summed E-state index contributed by atoms with van der Waals surface area (Å²) < 4.78 is 18.9. The van der Waals surface area contributed by atoms with Crippen LogP contribution in [0.15, 0.2) is 47.5 Å². The predicted molar refractivity (Wildman–Crippen MR) is 118 cm³/mol. The molecule has 7 nitrogen and oxygen atoms in total. The van der Waals surface area contributed by atoms with Gasteiger partial charge < -0.3 is 20.3 Å². The Morgan fingerprint density at radius 3 is 2.57 bits per heavy atom. The number of hydrogen-bond acceptors (Lipinski definition) is 5. The lowest BCUT2D eigenvalue weighted by Crippen LogP contribution is -2.46. The van der Waals surface area contributed by atoms with E-state index in [0.717, 1.165) is 30.2 Å². The number of pyridine rings is 1. The summed E-state index contributed by atoms with van der Waals surface area (Å²) in [6.07, 6.45) is 0. The van der Waals surface area contributed by atoms with E-state index in [2.05, 4.69) is 25.5 Å². The summed E-state index contributed by atoms with van der Waals surface area (Å²) in [4.78, 5) is 13.3. The highest BCUT2D eigenvalue weighted by Crippen LogP contribution is 2.21. The van der Waals surface area contributed by atoms with Gasteiger partial charge in [-0.05, 0) is 29.8 Å². The van der Waals surface area contributed by atoms with Crippen molar-refractivity contribution in [3.05, 3.63) is 59.5 Å². The molecule has 1 fully saturated rings. The second-order valence-corrected chi connectivity index (χ2v) is 7.40. The van der Waals surface area contributed by atoms with Crippen LogP contribution in [0.3, 0.4) is 0 Å². The van der Waals surface area contributed by atoms with Crippen LogP contribution in [0, 0.1) is 5.82 Å². The Balaban J connectivity index is 1.62. The normalized spacial score (nSPS) is 16.2. The monoisotopic (exact) mass is 414 g/mol. The number of hydrogen-bond donors (Lipinski definition) is 2. The summed E-state index contributed by atoms with van der Waals surface area (Å²) in [6.45, 7) is 4.32. The number of aromatic nitrogens is 1. The fraction of sp³-hybridized carbons (Fsp3) is 0.455. The largest absolute Gasteiger partial charge is 0.379 e. The van der Waals surface area contributed by atoms with Crippen LogP contribution in [-0.2, 0) is 11.3 Å². The molecule has 2 heterocycles. The Labute approximate surface area is 178 Å². The Morgan fingerprint density at radius 1 is 1.17 bits per heavy atom. The molecular formula is C22H31FN6O. The third kappa shape index (κ3) is 6.14. The molecule has 2 N–H and O–H groups in total. The van der Waals surface area contributed by atoms with Gasteiger partial charge in [0, 0.05) is 40.8 Å². The lowest BCUT2D eigenvalue weighted by Gasteiger charge is -2.35. The highest BCUT2D eigenvalue weighted by atomic mass is 19.1. The van der Waals surface area contributed by atoms with Crippen LogP contribution < -0.4 is 15.5 Å². The van der Waals surface area contributed by atoms with Crippen LogP contribution in [0.5, 0.6) is 0 Å². The van der Waals surface area contributed by atoms with Crippen molar-refractivity contribution in [3.8, 4) is 0 Å². The SMILES string of the molecule is CN=C(NCc1cccc(N(C)C)n1)NCC(c1ccc(F)cc1)N1CCOCC1. The van der Waals surface area contributed by atoms with Crippen molar-refractivity contribution in [1.29, 1.82) is 0 Å². The number of benzene rings is 1. The van der Waals surface area contributed by atoms with Crippen molar-refractivity contribution in [2.45, 2.75) is 12.6 Å². The molecule has 8 heteroatoms. The fourth-order valence-electron chi connectivity index (χ4n) is 3.43. The summed E-state index contributed by atoms with van der Waals surface area (Å²) in [5, 5.41) is 6.74. The maximum absolute atomic E-state index is 13.4. The molecule has 3 rings (SSSR count). The van der Waals surface area contributed by atoms with Crippen molar-refractivity contribution in [2.24, 2.45) is 4.99 Å². The van der Waals surface area contributed by atoms with Gasteiger partial charge in [-0.15, -0.1) is 0 Å². The van der Waals surface area contributed by atoms with E-state index in [1.807, 2.05) is 49.3 Å². The third-order valence-corrected chi connectivity index (χ3v) is 5.11. The van der Waals surface area contributed by atoms with Gasteiger partial charge in [-0.25, -0.2) is 9.37 Å². The van der Waals surface area contributed by atoms with Gasteiger partial charge in [-0.1, -0.05) is 18.2 Å². The Hall–Kier alpha value is -2.71. The van der Waals surface area contributed by atoms with Crippen molar-refractivity contribution in [1.82, 2.24) is 20.5 Å². The first-order chi connectivity index (χ1) is 14.6. The molecule has 0 radical (unpaired) electrons. The van der Waals surface area contributed by atoms with Gasteiger partial charge in [0.15, 0.2) is 5.96 Å². The molecule has 162 valence electrons. The third-order valence-electron chi connectivity index (χ3n) is 5.11. The maximum Gasteiger partial charge on any atom is 0.191 e. The van der Waals surface area contributed by atoms with Gasteiger partial charge in [-0.3, -0.25) is 9.89 Å². The maximum atomic E-state index is 13.4. The second kappa shape index (κ2) is 10.9. The zero-order valence-electron chi connectivity index (χ0n) is 17.9. The average molecular weight is 415 g/mol. The number of nitrogens with one attached hydrogen (secondary N) is 2. The molecule has 30 heavy (non-hydrogen) atoms. The average Bonchev–Trinajstić information content (AvgIpc) is 2.78. The number of ether oxygens (including phenoxy) is 1. The zero-order valence-corrected chi connectivity index (χ0v) is 17.9. The molecule has 0 saturated carbocycles. The molecule has 1 atom stereocenters. The minimum Gasteiger partial charge on any atom is -0.379 e. The van der Waals surface area contributed by atoms with Gasteiger partial charge in [0.1, 0.15) is 11.6 Å². The summed E-state index contributed by atoms with van der Waals surface area (Å²) in [6, 6.07) is 12.8. The highest BCUT2D eigenvalue weighted by molar-refractivity contribution is 5.79. The first-order valence-electron chi connectivity index (χ1n) is 10.2. The molecule has 2 aromatic rings. The van der Waals surface area contributed by atoms with Gasteiger partial charge in [-0.2, -0.15) is 0 Å². The summed E-state index contributed by atoms with van der Waals surface area (Å²) in [5.41, 5.74) is 2.01. The number of morpholine rings is 1. The molecule has 1 unspecified atom stereocenters. The second-order valence-electron chi connectivity index (χ2n) is 7.40. The number of aliphatic imine (C=N–C) groups is 1. The number of anilines is 1. The minimum absolute atomic E-state index is 0.100. The number of guanidine groups is 1. The van der Waals surface area contributed by atoms with E-state index in [4.69, 9.17) is 4.74 Å². The van der Waals surface area contributed by atoms with E-state index >= 15 is 0 Å². The summed E-state index contributed by atoms with van der Waals surface area (Å²) in [5.74, 6) is 1.39. The molecule has 1 saturated heterocycles. The Kier molecular flexibility index (Phi) is 7.98. The molecule has 1 aliphatic rings. The lowest BCUT2D eigenvalue weighted by atomic mass is 10.0. The Morgan fingerprint density at radius 2 is 1.90 bits per heavy atom. The molecule has 0 bridgehead atoms. The van der Waals surface area contributed by atoms with Gasteiger partial charge in [0.2, 0.25) is 0 Å². The molecule has 1 aromatic carbocycles.